The average Bonchev–Trinajstić information content (AvgIpc) is 3.17. The molecule has 0 radical (unpaired) electrons. The second-order valence-corrected chi connectivity index (χ2v) is 5.89. The summed E-state index contributed by atoms with van der Waals surface area (Å²) < 4.78 is 12.1. The maximum Gasteiger partial charge on any atom is 0.339 e. The van der Waals surface area contributed by atoms with Gasteiger partial charge < -0.3 is 19.9 Å². The van der Waals surface area contributed by atoms with E-state index in [4.69, 9.17) is 4.74 Å². The van der Waals surface area contributed by atoms with Crippen LogP contribution in [0.15, 0.2) is 42.9 Å². The van der Waals surface area contributed by atoms with Crippen LogP contribution < -0.4 is 9.88 Å². The zero-order chi connectivity index (χ0) is 18.5. The van der Waals surface area contributed by atoms with Crippen LogP contribution in [0.3, 0.4) is 0 Å². The first-order chi connectivity index (χ1) is 12.6. The smallest absolute Gasteiger partial charge is 0.339 e. The van der Waals surface area contributed by atoms with Crippen LogP contribution in [0, 0.1) is 0 Å². The minimum absolute atomic E-state index is 0.00945. The molecule has 2 atom stereocenters. The molecule has 2 aromatic heterocycles. The number of methoxy groups -OCH3 is 1. The van der Waals surface area contributed by atoms with Gasteiger partial charge in [0.25, 0.3) is 12.1 Å². The molecule has 0 aliphatic carbocycles. The van der Waals surface area contributed by atoms with Crippen molar-refractivity contribution in [2.45, 2.75) is 25.2 Å². The molecule has 8 nitrogen and oxygen atoms in total. The highest BCUT2D eigenvalue weighted by Crippen LogP contribution is 2.23. The molecule has 1 amide bonds. The minimum Gasteiger partial charge on any atom is -0.465 e. The molecule has 26 heavy (non-hydrogen) atoms. The molecule has 0 bridgehead atoms. The molecule has 2 N–H and O–H groups in total. The lowest BCUT2D eigenvalue weighted by Gasteiger charge is -2.09. The molecular weight excluding hydrogens is 338 g/mol. The van der Waals surface area contributed by atoms with Crippen LogP contribution >= 0.6 is 0 Å². The van der Waals surface area contributed by atoms with Crippen molar-refractivity contribution < 1.29 is 28.7 Å². The number of carbonyl (C=O) groups excluding carboxylic acids is 2. The van der Waals surface area contributed by atoms with Crippen LogP contribution in [0.1, 0.15) is 39.8 Å². The first-order valence-electron chi connectivity index (χ1n) is 8.23. The van der Waals surface area contributed by atoms with Gasteiger partial charge in [-0.15, -0.1) is 0 Å². The molecule has 0 spiro atoms. The molecular formula is C18H20N3O5+. The number of hydrogen-bond donors (Lipinski definition) is 2. The highest BCUT2D eigenvalue weighted by molar-refractivity contribution is 6.03. The number of rotatable bonds is 5. The van der Waals surface area contributed by atoms with E-state index in [1.807, 2.05) is 10.8 Å². The summed E-state index contributed by atoms with van der Waals surface area (Å²) in [5.74, 6) is -0.484. The first kappa shape index (κ1) is 18.0. The molecule has 0 saturated carbocycles. The van der Waals surface area contributed by atoms with Gasteiger partial charge in [-0.2, -0.15) is 4.57 Å². The van der Waals surface area contributed by atoms with Gasteiger partial charge in [-0.05, 0) is 24.6 Å². The second kappa shape index (κ2) is 8.03. The van der Waals surface area contributed by atoms with Gasteiger partial charge in [0.2, 0.25) is 0 Å². The highest BCUT2D eigenvalue weighted by Gasteiger charge is 2.31. The summed E-state index contributed by atoms with van der Waals surface area (Å²) in [4.78, 5) is 27.9. The monoisotopic (exact) mass is 358 g/mol. The van der Waals surface area contributed by atoms with E-state index in [-0.39, 0.29) is 24.8 Å². The molecule has 0 aromatic carbocycles. The molecule has 8 heteroatoms. The van der Waals surface area contributed by atoms with Gasteiger partial charge in [0, 0.05) is 18.7 Å². The number of hydrogen-bond acceptors (Lipinski definition) is 6. The van der Waals surface area contributed by atoms with Gasteiger partial charge in [-0.3, -0.25) is 4.79 Å². The molecule has 1 aliphatic heterocycles. The van der Waals surface area contributed by atoms with Crippen molar-refractivity contribution in [2.75, 3.05) is 19.0 Å². The molecule has 1 fully saturated rings. The van der Waals surface area contributed by atoms with Crippen molar-refractivity contribution in [1.82, 2.24) is 4.98 Å². The quantitative estimate of drug-likeness (QED) is 0.613. The van der Waals surface area contributed by atoms with Crippen LogP contribution in [0.2, 0.25) is 0 Å². The number of aromatic nitrogens is 2. The van der Waals surface area contributed by atoms with Gasteiger partial charge in [0.05, 0.1) is 25.4 Å². The van der Waals surface area contributed by atoms with Gasteiger partial charge in [-0.1, -0.05) is 0 Å². The second-order valence-electron chi connectivity index (χ2n) is 5.89. The Bertz CT molecular complexity index is 794. The lowest BCUT2D eigenvalue weighted by molar-refractivity contribution is -0.759. The number of nitrogens with zero attached hydrogens (tertiary/aromatic N) is 2. The Balaban J connectivity index is 1.68. The summed E-state index contributed by atoms with van der Waals surface area (Å²) in [5, 5.41) is 11.9. The number of anilines is 1. The number of esters is 1. The van der Waals surface area contributed by atoms with E-state index < -0.39 is 5.97 Å². The molecule has 136 valence electrons. The van der Waals surface area contributed by atoms with Crippen LogP contribution in [0.5, 0.6) is 0 Å². The predicted molar refractivity (Wildman–Crippen MR) is 90.4 cm³/mol. The van der Waals surface area contributed by atoms with E-state index in [1.165, 1.54) is 25.4 Å². The van der Waals surface area contributed by atoms with E-state index in [2.05, 4.69) is 15.0 Å². The highest BCUT2D eigenvalue weighted by atomic mass is 16.5. The van der Waals surface area contributed by atoms with E-state index in [0.717, 1.165) is 12.8 Å². The number of nitrogens with one attached hydrogen (secondary N) is 1. The van der Waals surface area contributed by atoms with E-state index in [1.54, 1.807) is 18.3 Å². The third kappa shape index (κ3) is 4.04. The fourth-order valence-corrected chi connectivity index (χ4v) is 2.74. The fourth-order valence-electron chi connectivity index (χ4n) is 2.74. The van der Waals surface area contributed by atoms with Crippen LogP contribution in [0.25, 0.3) is 0 Å². The van der Waals surface area contributed by atoms with Crippen molar-refractivity contribution >= 4 is 17.7 Å². The summed E-state index contributed by atoms with van der Waals surface area (Å²) in [6.07, 6.45) is 6.06. The van der Waals surface area contributed by atoms with Crippen LogP contribution in [-0.2, 0) is 9.47 Å². The summed E-state index contributed by atoms with van der Waals surface area (Å²) in [6.45, 7) is -0.00945. The van der Waals surface area contributed by atoms with E-state index in [9.17, 15) is 14.7 Å². The molecule has 2 aromatic rings. The van der Waals surface area contributed by atoms with Gasteiger partial charge in [-0.25, -0.2) is 9.78 Å². The molecule has 1 aliphatic rings. The summed E-state index contributed by atoms with van der Waals surface area (Å²) in [7, 11) is 1.29. The molecule has 3 rings (SSSR count). The normalized spacial score (nSPS) is 19.2. The number of amides is 1. The van der Waals surface area contributed by atoms with Gasteiger partial charge in [0.1, 0.15) is 11.4 Å². The molecule has 1 saturated heterocycles. The average molecular weight is 358 g/mol. The Labute approximate surface area is 150 Å². The summed E-state index contributed by atoms with van der Waals surface area (Å²) in [5.41, 5.74) is 0.752. The van der Waals surface area contributed by atoms with Crippen molar-refractivity contribution in [3.8, 4) is 0 Å². The Morgan fingerprint density at radius 1 is 1.35 bits per heavy atom. The van der Waals surface area contributed by atoms with Gasteiger partial charge in [0.15, 0.2) is 12.4 Å². The maximum atomic E-state index is 12.4. The fraction of sp³-hybridized carbons (Fsp3) is 0.333. The number of pyridine rings is 2. The SMILES string of the molecule is COC(=O)c1ccc(NC(=O)c2ccc[n+]([C@H]3CC[C@@H](CO)O3)c2)nc1. The maximum absolute atomic E-state index is 12.4. The van der Waals surface area contributed by atoms with Crippen molar-refractivity contribution in [2.24, 2.45) is 0 Å². The standard InChI is InChI=1S/C18H19N3O5/c1-25-18(24)12-4-6-15(19-9-12)20-17(23)13-3-2-8-21(10-13)16-7-5-14(11-22)26-16/h2-4,6,8-10,14,16,22H,5,7,11H2,1H3/p+1/t14-,16+/m0/s1. The van der Waals surface area contributed by atoms with Gasteiger partial charge >= 0.3 is 5.97 Å². The molecule has 3 heterocycles. The number of ether oxygens (including phenoxy) is 2. The molecule has 0 unspecified atom stereocenters. The summed E-state index contributed by atoms with van der Waals surface area (Å²) in [6, 6.07) is 6.51. The largest absolute Gasteiger partial charge is 0.465 e. The number of carbonyl (C=O) groups is 2. The van der Waals surface area contributed by atoms with Crippen molar-refractivity contribution in [1.29, 1.82) is 0 Å². The number of aliphatic hydroxyl groups is 1. The Kier molecular flexibility index (Phi) is 5.55. The predicted octanol–water partition coefficient (Wildman–Crippen LogP) is 1.08. The third-order valence-corrected chi connectivity index (χ3v) is 4.13. The summed E-state index contributed by atoms with van der Waals surface area (Å²) >= 11 is 0. The van der Waals surface area contributed by atoms with Crippen LogP contribution in [0.4, 0.5) is 5.82 Å². The lowest BCUT2D eigenvalue weighted by atomic mass is 10.2. The minimum atomic E-state index is -0.489. The van der Waals surface area contributed by atoms with Crippen molar-refractivity contribution in [3.63, 3.8) is 0 Å². The Morgan fingerprint density at radius 3 is 2.85 bits per heavy atom. The van der Waals surface area contributed by atoms with E-state index >= 15 is 0 Å². The van der Waals surface area contributed by atoms with Crippen LogP contribution in [-0.4, -0.2) is 41.8 Å². The van der Waals surface area contributed by atoms with E-state index in [0.29, 0.717) is 16.9 Å². The zero-order valence-electron chi connectivity index (χ0n) is 14.3. The lowest BCUT2D eigenvalue weighted by Crippen LogP contribution is -2.40. The zero-order valence-corrected chi connectivity index (χ0v) is 14.3. The Hall–Kier alpha value is -2.84. The topological polar surface area (TPSA) is 102 Å². The Morgan fingerprint density at radius 2 is 2.19 bits per heavy atom. The first-order valence-corrected chi connectivity index (χ1v) is 8.23. The van der Waals surface area contributed by atoms with Crippen molar-refractivity contribution in [3.05, 3.63) is 54.0 Å². The number of aliphatic hydroxyl groups excluding tert-OH is 1. The third-order valence-electron chi connectivity index (χ3n) is 4.13.